The Kier molecular flexibility index (Phi) is 5.67. The number of carboxylic acids is 1. The molecule has 0 saturated heterocycles. The number of carboxylic acid groups (broad SMARTS) is 1. The average molecular weight is 282 g/mol. The van der Waals surface area contributed by atoms with Crippen molar-refractivity contribution < 1.29 is 24.1 Å². The number of hydrogen-bond donors (Lipinski definition) is 1. The maximum Gasteiger partial charge on any atom is 0.306 e. The zero-order valence-electron chi connectivity index (χ0n) is 12.6. The van der Waals surface area contributed by atoms with Crippen LogP contribution in [0, 0.1) is 5.92 Å². The van der Waals surface area contributed by atoms with E-state index in [0.717, 1.165) is 5.56 Å². The lowest BCUT2D eigenvalue weighted by Crippen LogP contribution is -2.15. The fourth-order valence-electron chi connectivity index (χ4n) is 1.88. The van der Waals surface area contributed by atoms with Crippen molar-refractivity contribution in [1.29, 1.82) is 0 Å². The Morgan fingerprint density at radius 2 is 1.80 bits per heavy atom. The summed E-state index contributed by atoms with van der Waals surface area (Å²) >= 11 is 0. The Balaban J connectivity index is 3.24. The molecule has 1 unspecified atom stereocenters. The Labute approximate surface area is 119 Å². The molecule has 112 valence electrons. The van der Waals surface area contributed by atoms with Crippen molar-refractivity contribution in [2.45, 2.75) is 33.3 Å². The van der Waals surface area contributed by atoms with Gasteiger partial charge in [0, 0.05) is 0 Å². The molecule has 0 radical (unpaired) electrons. The third-order valence-corrected chi connectivity index (χ3v) is 2.88. The normalized spacial score (nSPS) is 12.1. The van der Waals surface area contributed by atoms with E-state index in [0.29, 0.717) is 23.7 Å². The molecule has 0 aromatic heterocycles. The van der Waals surface area contributed by atoms with Crippen molar-refractivity contribution in [1.82, 2.24) is 0 Å². The molecule has 0 aliphatic carbocycles. The number of benzene rings is 1. The molecule has 0 spiro atoms. The van der Waals surface area contributed by atoms with Crippen molar-refractivity contribution >= 4 is 5.97 Å². The zero-order valence-corrected chi connectivity index (χ0v) is 12.6. The Morgan fingerprint density at radius 1 is 1.15 bits per heavy atom. The summed E-state index contributed by atoms with van der Waals surface area (Å²) in [7, 11) is 3.09. The third kappa shape index (κ3) is 3.79. The summed E-state index contributed by atoms with van der Waals surface area (Å²) in [5.41, 5.74) is 0.797. The van der Waals surface area contributed by atoms with Gasteiger partial charge in [-0.3, -0.25) is 4.79 Å². The van der Waals surface area contributed by atoms with E-state index < -0.39 is 11.9 Å². The minimum Gasteiger partial charge on any atom is -0.493 e. The van der Waals surface area contributed by atoms with Gasteiger partial charge in [0.2, 0.25) is 5.75 Å². The number of rotatable bonds is 7. The summed E-state index contributed by atoms with van der Waals surface area (Å²) in [6, 6.07) is 3.58. The van der Waals surface area contributed by atoms with Gasteiger partial charge in [-0.25, -0.2) is 0 Å². The number of carbonyl (C=O) groups is 1. The molecule has 1 N–H and O–H groups in total. The summed E-state index contributed by atoms with van der Waals surface area (Å²) in [5, 5.41) is 9.05. The molecule has 0 saturated carbocycles. The zero-order chi connectivity index (χ0) is 15.3. The van der Waals surface area contributed by atoms with E-state index in [1.807, 2.05) is 19.9 Å². The summed E-state index contributed by atoms with van der Waals surface area (Å²) in [4.78, 5) is 11.0. The van der Waals surface area contributed by atoms with Gasteiger partial charge >= 0.3 is 5.97 Å². The molecule has 5 heteroatoms. The Morgan fingerprint density at radius 3 is 2.25 bits per heavy atom. The second-order valence-corrected chi connectivity index (χ2v) is 4.90. The van der Waals surface area contributed by atoms with Gasteiger partial charge in [-0.05, 0) is 31.9 Å². The predicted molar refractivity (Wildman–Crippen MR) is 75.8 cm³/mol. The molecule has 5 nitrogen and oxygen atoms in total. The molecule has 1 aromatic carbocycles. The van der Waals surface area contributed by atoms with Crippen molar-refractivity contribution in [3.05, 3.63) is 17.7 Å². The van der Waals surface area contributed by atoms with Gasteiger partial charge in [-0.2, -0.15) is 0 Å². The Hall–Kier alpha value is -1.91. The molecular formula is C15H22O5. The van der Waals surface area contributed by atoms with E-state index in [1.54, 1.807) is 20.1 Å². The van der Waals surface area contributed by atoms with Crippen LogP contribution in [0.15, 0.2) is 12.1 Å². The average Bonchev–Trinajstić information content (AvgIpc) is 2.39. The van der Waals surface area contributed by atoms with E-state index in [4.69, 9.17) is 19.3 Å². The van der Waals surface area contributed by atoms with Crippen LogP contribution >= 0.6 is 0 Å². The molecule has 0 amide bonds. The number of aliphatic carboxylic acids is 1. The van der Waals surface area contributed by atoms with Crippen molar-refractivity contribution in [2.24, 2.45) is 5.92 Å². The standard InChI is InChI=1S/C15H22O5/c1-9(2)20-13-11(8-10(3)15(16)17)6-7-12(18-4)14(13)19-5/h6-7,9-10H,8H2,1-5H3,(H,16,17). The molecule has 0 bridgehead atoms. The van der Waals surface area contributed by atoms with Crippen LogP contribution in [-0.4, -0.2) is 31.4 Å². The predicted octanol–water partition coefficient (Wildman–Crippen LogP) is 2.75. The third-order valence-electron chi connectivity index (χ3n) is 2.88. The fourth-order valence-corrected chi connectivity index (χ4v) is 1.88. The van der Waals surface area contributed by atoms with E-state index in [9.17, 15) is 4.79 Å². The first-order valence-corrected chi connectivity index (χ1v) is 6.54. The van der Waals surface area contributed by atoms with Gasteiger partial charge < -0.3 is 19.3 Å². The van der Waals surface area contributed by atoms with Crippen LogP contribution in [0.1, 0.15) is 26.3 Å². The summed E-state index contributed by atoms with van der Waals surface area (Å²) in [5.74, 6) is 0.277. The minimum absolute atomic E-state index is 0.0464. The summed E-state index contributed by atoms with van der Waals surface area (Å²) in [6.45, 7) is 5.48. The lowest BCUT2D eigenvalue weighted by Gasteiger charge is -2.20. The van der Waals surface area contributed by atoms with Crippen LogP contribution in [0.2, 0.25) is 0 Å². The largest absolute Gasteiger partial charge is 0.493 e. The van der Waals surface area contributed by atoms with Crippen molar-refractivity contribution in [3.8, 4) is 17.2 Å². The van der Waals surface area contributed by atoms with Gasteiger partial charge in [-0.15, -0.1) is 0 Å². The molecule has 0 aliphatic rings. The topological polar surface area (TPSA) is 65.0 Å². The molecule has 1 rings (SSSR count). The number of methoxy groups -OCH3 is 2. The van der Waals surface area contributed by atoms with Crippen LogP contribution in [0.3, 0.4) is 0 Å². The van der Waals surface area contributed by atoms with Crippen LogP contribution in [0.25, 0.3) is 0 Å². The highest BCUT2D eigenvalue weighted by Crippen LogP contribution is 2.41. The van der Waals surface area contributed by atoms with Crippen LogP contribution < -0.4 is 14.2 Å². The lowest BCUT2D eigenvalue weighted by molar-refractivity contribution is -0.141. The number of ether oxygens (including phenoxy) is 3. The second-order valence-electron chi connectivity index (χ2n) is 4.90. The van der Waals surface area contributed by atoms with Gasteiger partial charge in [0.15, 0.2) is 11.5 Å². The smallest absolute Gasteiger partial charge is 0.306 e. The molecule has 0 heterocycles. The minimum atomic E-state index is -0.838. The van der Waals surface area contributed by atoms with Crippen molar-refractivity contribution in [2.75, 3.05) is 14.2 Å². The lowest BCUT2D eigenvalue weighted by atomic mass is 9.99. The second kappa shape index (κ2) is 7.03. The highest BCUT2D eigenvalue weighted by atomic mass is 16.5. The first-order chi connectivity index (χ1) is 9.40. The molecule has 1 atom stereocenters. The summed E-state index contributed by atoms with van der Waals surface area (Å²) < 4.78 is 16.4. The SMILES string of the molecule is COc1ccc(CC(C)C(=O)O)c(OC(C)C)c1OC. The van der Waals surface area contributed by atoms with E-state index in [2.05, 4.69) is 0 Å². The fraction of sp³-hybridized carbons (Fsp3) is 0.533. The summed E-state index contributed by atoms with van der Waals surface area (Å²) in [6.07, 6.45) is 0.326. The maximum absolute atomic E-state index is 11.0. The van der Waals surface area contributed by atoms with Gasteiger partial charge in [0.05, 0.1) is 26.2 Å². The highest BCUT2D eigenvalue weighted by Gasteiger charge is 2.21. The molecular weight excluding hydrogens is 260 g/mol. The van der Waals surface area contributed by atoms with Gasteiger partial charge in [0.25, 0.3) is 0 Å². The van der Waals surface area contributed by atoms with Gasteiger partial charge in [0.1, 0.15) is 0 Å². The molecule has 20 heavy (non-hydrogen) atoms. The molecule has 0 fully saturated rings. The molecule has 0 aliphatic heterocycles. The highest BCUT2D eigenvalue weighted by molar-refractivity contribution is 5.70. The monoisotopic (exact) mass is 282 g/mol. The Bertz CT molecular complexity index is 468. The first kappa shape index (κ1) is 16.1. The molecule has 1 aromatic rings. The van der Waals surface area contributed by atoms with Crippen molar-refractivity contribution in [3.63, 3.8) is 0 Å². The van der Waals surface area contributed by atoms with E-state index >= 15 is 0 Å². The first-order valence-electron chi connectivity index (χ1n) is 6.54. The van der Waals surface area contributed by atoms with Crippen LogP contribution in [0.4, 0.5) is 0 Å². The quantitative estimate of drug-likeness (QED) is 0.833. The van der Waals surface area contributed by atoms with E-state index in [-0.39, 0.29) is 6.10 Å². The van der Waals surface area contributed by atoms with E-state index in [1.165, 1.54) is 7.11 Å². The van der Waals surface area contributed by atoms with Crippen LogP contribution in [-0.2, 0) is 11.2 Å². The van der Waals surface area contributed by atoms with Gasteiger partial charge in [-0.1, -0.05) is 13.0 Å². The number of hydrogen-bond acceptors (Lipinski definition) is 4. The van der Waals surface area contributed by atoms with Crippen LogP contribution in [0.5, 0.6) is 17.2 Å². The maximum atomic E-state index is 11.0.